The van der Waals surface area contributed by atoms with Gasteiger partial charge in [0.15, 0.2) is 10.9 Å². The molecule has 0 aliphatic rings. The predicted molar refractivity (Wildman–Crippen MR) is 118 cm³/mol. The molecule has 0 saturated carbocycles. The minimum atomic E-state index is -3.80. The Morgan fingerprint density at radius 1 is 0.867 bits per heavy atom. The largest absolute Gasteiger partial charge is 0.457 e. The molecule has 0 aromatic heterocycles. The Morgan fingerprint density at radius 2 is 1.47 bits per heavy atom. The highest BCUT2D eigenvalue weighted by Crippen LogP contribution is 2.24. The van der Waals surface area contributed by atoms with Crippen LogP contribution in [0.4, 0.5) is 5.69 Å². The van der Waals surface area contributed by atoms with Gasteiger partial charge in [0.1, 0.15) is 11.5 Å². The molecule has 0 aliphatic carbocycles. The average molecular weight is 442 g/mol. The van der Waals surface area contributed by atoms with Crippen LogP contribution in [-0.2, 0) is 14.8 Å². The highest BCUT2D eigenvalue weighted by molar-refractivity contribution is 8.14. The lowest BCUT2D eigenvalue weighted by atomic mass is 10.1. The molecule has 8 heteroatoms. The highest BCUT2D eigenvalue weighted by atomic mass is 32.2. The van der Waals surface area contributed by atoms with Crippen molar-refractivity contribution in [2.24, 2.45) is 0 Å². The topological polar surface area (TPSA) is 89.5 Å². The summed E-state index contributed by atoms with van der Waals surface area (Å²) in [5, 5.41) is -0.132. The second-order valence-electron chi connectivity index (χ2n) is 6.27. The number of carbonyl (C=O) groups is 2. The number of sulfonamides is 1. The molecule has 0 atom stereocenters. The number of benzene rings is 3. The summed E-state index contributed by atoms with van der Waals surface area (Å²) >= 11 is 0.937. The molecule has 0 bridgehead atoms. The van der Waals surface area contributed by atoms with Gasteiger partial charge in [-0.3, -0.25) is 14.3 Å². The molecular formula is C22H19NO5S2. The van der Waals surface area contributed by atoms with Crippen LogP contribution in [0.15, 0.2) is 83.8 Å². The fourth-order valence-electron chi connectivity index (χ4n) is 2.50. The molecule has 3 aromatic rings. The second-order valence-corrected chi connectivity index (χ2v) is 9.11. The summed E-state index contributed by atoms with van der Waals surface area (Å²) in [6.45, 7) is 1.40. The molecule has 0 aliphatic heterocycles. The zero-order valence-electron chi connectivity index (χ0n) is 16.1. The standard InChI is InChI=1S/C22H19NO5S2/c1-16(24)29-15-22(25)17-7-9-18(10-8-17)23-30(26,27)21-13-11-20(12-14-21)28-19-5-3-2-4-6-19/h2-14,23H,15H2,1H3. The Hall–Kier alpha value is -3.10. The van der Waals surface area contributed by atoms with Crippen molar-refractivity contribution < 1.29 is 22.7 Å². The highest BCUT2D eigenvalue weighted by Gasteiger charge is 2.15. The van der Waals surface area contributed by atoms with E-state index >= 15 is 0 Å². The Balaban J connectivity index is 1.65. The first-order valence-corrected chi connectivity index (χ1v) is 11.4. The predicted octanol–water partition coefficient (Wildman–Crippen LogP) is 4.74. The van der Waals surface area contributed by atoms with Gasteiger partial charge in [-0.15, -0.1) is 0 Å². The van der Waals surface area contributed by atoms with Crippen molar-refractivity contribution in [1.82, 2.24) is 0 Å². The number of anilines is 1. The van der Waals surface area contributed by atoms with Gasteiger partial charge >= 0.3 is 0 Å². The van der Waals surface area contributed by atoms with Gasteiger partial charge in [0, 0.05) is 18.2 Å². The van der Waals surface area contributed by atoms with Gasteiger partial charge in [-0.2, -0.15) is 0 Å². The summed E-state index contributed by atoms with van der Waals surface area (Å²) in [6, 6.07) is 21.3. The van der Waals surface area contributed by atoms with Gasteiger partial charge in [0.2, 0.25) is 0 Å². The summed E-state index contributed by atoms with van der Waals surface area (Å²) < 4.78 is 33.4. The molecule has 0 fully saturated rings. The fraction of sp³-hybridized carbons (Fsp3) is 0.0909. The molecule has 0 saturated heterocycles. The van der Waals surface area contributed by atoms with E-state index in [1.807, 2.05) is 18.2 Å². The van der Waals surface area contributed by atoms with E-state index in [0.29, 0.717) is 22.7 Å². The van der Waals surface area contributed by atoms with E-state index in [1.54, 1.807) is 24.3 Å². The normalized spacial score (nSPS) is 11.0. The molecule has 0 spiro atoms. The first-order valence-electron chi connectivity index (χ1n) is 8.96. The Morgan fingerprint density at radius 3 is 2.07 bits per heavy atom. The van der Waals surface area contributed by atoms with Crippen molar-refractivity contribution in [3.63, 3.8) is 0 Å². The zero-order chi connectivity index (χ0) is 21.6. The van der Waals surface area contributed by atoms with E-state index in [-0.39, 0.29) is 21.5 Å². The molecule has 0 unspecified atom stereocenters. The fourth-order valence-corrected chi connectivity index (χ4v) is 4.06. The lowest BCUT2D eigenvalue weighted by Gasteiger charge is -2.10. The number of ether oxygens (including phenoxy) is 1. The first-order chi connectivity index (χ1) is 14.3. The number of para-hydroxylation sites is 1. The number of hydrogen-bond donors (Lipinski definition) is 1. The van der Waals surface area contributed by atoms with Crippen molar-refractivity contribution >= 4 is 38.4 Å². The molecule has 0 radical (unpaired) electrons. The number of Topliss-reactive ketones (excluding diaryl/α,β-unsaturated/α-hetero) is 1. The molecule has 6 nitrogen and oxygen atoms in total. The van der Waals surface area contributed by atoms with E-state index in [2.05, 4.69) is 4.72 Å². The van der Waals surface area contributed by atoms with E-state index in [9.17, 15) is 18.0 Å². The maximum Gasteiger partial charge on any atom is 0.261 e. The van der Waals surface area contributed by atoms with Crippen LogP contribution in [0.5, 0.6) is 11.5 Å². The molecule has 3 aromatic carbocycles. The van der Waals surface area contributed by atoms with Gasteiger partial charge in [0.25, 0.3) is 10.0 Å². The van der Waals surface area contributed by atoms with Crippen molar-refractivity contribution in [2.75, 3.05) is 10.5 Å². The van der Waals surface area contributed by atoms with E-state index < -0.39 is 10.0 Å². The van der Waals surface area contributed by atoms with Crippen molar-refractivity contribution in [3.8, 4) is 11.5 Å². The average Bonchev–Trinajstić information content (AvgIpc) is 2.73. The quantitative estimate of drug-likeness (QED) is 0.508. The van der Waals surface area contributed by atoms with Crippen LogP contribution in [0.2, 0.25) is 0 Å². The third-order valence-corrected chi connectivity index (χ3v) is 6.19. The van der Waals surface area contributed by atoms with Crippen molar-refractivity contribution in [1.29, 1.82) is 0 Å². The third-order valence-electron chi connectivity index (χ3n) is 3.98. The number of thioether (sulfide) groups is 1. The maximum atomic E-state index is 12.6. The molecule has 30 heavy (non-hydrogen) atoms. The third kappa shape index (κ3) is 5.95. The smallest absolute Gasteiger partial charge is 0.261 e. The number of rotatable bonds is 8. The van der Waals surface area contributed by atoms with Crippen LogP contribution in [-0.4, -0.2) is 25.1 Å². The minimum absolute atomic E-state index is 0.0534. The van der Waals surface area contributed by atoms with Crippen LogP contribution in [0.1, 0.15) is 17.3 Å². The Kier molecular flexibility index (Phi) is 6.91. The van der Waals surface area contributed by atoms with Gasteiger partial charge in [0.05, 0.1) is 10.6 Å². The summed E-state index contributed by atoms with van der Waals surface area (Å²) in [5.74, 6) is 1.03. The van der Waals surface area contributed by atoms with E-state index in [4.69, 9.17) is 4.74 Å². The first kappa shape index (κ1) is 21.6. The summed E-state index contributed by atoms with van der Waals surface area (Å²) in [6.07, 6.45) is 0. The van der Waals surface area contributed by atoms with Crippen LogP contribution in [0.25, 0.3) is 0 Å². The monoisotopic (exact) mass is 441 g/mol. The van der Waals surface area contributed by atoms with Crippen LogP contribution in [0.3, 0.4) is 0 Å². The van der Waals surface area contributed by atoms with Crippen LogP contribution in [0, 0.1) is 0 Å². The van der Waals surface area contributed by atoms with Gasteiger partial charge in [-0.05, 0) is 60.7 Å². The second kappa shape index (κ2) is 9.60. The maximum absolute atomic E-state index is 12.6. The molecule has 3 rings (SSSR count). The SMILES string of the molecule is CC(=O)SCC(=O)c1ccc(NS(=O)(=O)c2ccc(Oc3ccccc3)cc2)cc1. The van der Waals surface area contributed by atoms with Gasteiger partial charge in [-0.25, -0.2) is 8.42 Å². The minimum Gasteiger partial charge on any atom is -0.457 e. The molecule has 1 N–H and O–H groups in total. The van der Waals surface area contributed by atoms with E-state index in [0.717, 1.165) is 11.8 Å². The summed E-state index contributed by atoms with van der Waals surface area (Å²) in [5.41, 5.74) is 0.740. The molecular weight excluding hydrogens is 422 g/mol. The Labute approximate surface area is 179 Å². The molecule has 154 valence electrons. The number of hydrogen-bond acceptors (Lipinski definition) is 6. The van der Waals surface area contributed by atoms with Crippen LogP contribution < -0.4 is 9.46 Å². The van der Waals surface area contributed by atoms with Crippen molar-refractivity contribution in [2.45, 2.75) is 11.8 Å². The number of ketones is 1. The molecule has 0 amide bonds. The zero-order valence-corrected chi connectivity index (χ0v) is 17.7. The lowest BCUT2D eigenvalue weighted by Crippen LogP contribution is -2.13. The summed E-state index contributed by atoms with van der Waals surface area (Å²) in [7, 11) is -3.80. The molecule has 0 heterocycles. The lowest BCUT2D eigenvalue weighted by molar-refractivity contribution is -0.109. The van der Waals surface area contributed by atoms with Gasteiger partial charge < -0.3 is 4.74 Å². The number of nitrogens with one attached hydrogen (secondary N) is 1. The Bertz CT molecular complexity index is 1130. The van der Waals surface area contributed by atoms with Crippen molar-refractivity contribution in [3.05, 3.63) is 84.4 Å². The number of carbonyl (C=O) groups excluding carboxylic acids is 2. The van der Waals surface area contributed by atoms with Crippen LogP contribution >= 0.6 is 11.8 Å². The van der Waals surface area contributed by atoms with Gasteiger partial charge in [-0.1, -0.05) is 30.0 Å². The summed E-state index contributed by atoms with van der Waals surface area (Å²) in [4.78, 5) is 23.1. The van der Waals surface area contributed by atoms with E-state index in [1.165, 1.54) is 43.3 Å².